The van der Waals surface area contributed by atoms with E-state index in [1.807, 2.05) is 20.8 Å². The number of halogens is 2. The summed E-state index contributed by atoms with van der Waals surface area (Å²) in [5.74, 6) is -0.285. The van der Waals surface area contributed by atoms with Gasteiger partial charge in [-0.05, 0) is 25.0 Å². The lowest BCUT2D eigenvalue weighted by atomic mass is 10.1. The van der Waals surface area contributed by atoms with Gasteiger partial charge in [0.2, 0.25) is 0 Å². The van der Waals surface area contributed by atoms with Crippen LogP contribution in [0.5, 0.6) is 17.2 Å². The number of hydrogen-bond donors (Lipinski definition) is 1. The summed E-state index contributed by atoms with van der Waals surface area (Å²) < 4.78 is 42.3. The molecule has 0 aliphatic heterocycles. The molecule has 3 heterocycles. The van der Waals surface area contributed by atoms with E-state index in [0.717, 1.165) is 9.88 Å². The van der Waals surface area contributed by atoms with Gasteiger partial charge in [0.25, 0.3) is 0 Å². The average Bonchev–Trinajstić information content (AvgIpc) is 3.42. The molecule has 36 heavy (non-hydrogen) atoms. The van der Waals surface area contributed by atoms with Crippen molar-refractivity contribution in [1.29, 1.82) is 0 Å². The summed E-state index contributed by atoms with van der Waals surface area (Å²) in [6.45, 7) is 6.08. The first-order valence-corrected chi connectivity index (χ1v) is 11.9. The highest BCUT2D eigenvalue weighted by Gasteiger charge is 2.20. The highest BCUT2D eigenvalue weighted by Crippen LogP contribution is 2.32. The number of anilines is 1. The molecule has 8 nitrogen and oxygen atoms in total. The van der Waals surface area contributed by atoms with Crippen LogP contribution in [0.25, 0.3) is 16.7 Å². The molecule has 0 spiro atoms. The van der Waals surface area contributed by atoms with E-state index in [0.29, 0.717) is 16.7 Å². The molecule has 0 bridgehead atoms. The molecule has 5 rings (SSSR count). The van der Waals surface area contributed by atoms with Gasteiger partial charge in [-0.3, -0.25) is 0 Å². The van der Waals surface area contributed by atoms with E-state index >= 15 is 4.39 Å². The van der Waals surface area contributed by atoms with Gasteiger partial charge < -0.3 is 15.2 Å². The maximum Gasteiger partial charge on any atom is 0.153 e. The number of fused-ring (bicyclic) bond motifs is 1. The predicted octanol–water partition coefficient (Wildman–Crippen LogP) is 5.94. The first-order chi connectivity index (χ1) is 17.3. The molecule has 11 heteroatoms. The maximum absolute atomic E-state index is 15.3. The van der Waals surface area contributed by atoms with Crippen LogP contribution in [0.15, 0.2) is 48.9 Å². The molecule has 0 saturated heterocycles. The van der Waals surface area contributed by atoms with Gasteiger partial charge in [0.15, 0.2) is 11.6 Å². The van der Waals surface area contributed by atoms with Gasteiger partial charge in [-0.1, -0.05) is 13.8 Å². The fourth-order valence-corrected chi connectivity index (χ4v) is 4.43. The van der Waals surface area contributed by atoms with E-state index in [1.165, 1.54) is 52.7 Å². The lowest BCUT2D eigenvalue weighted by molar-refractivity contribution is 0.306. The summed E-state index contributed by atoms with van der Waals surface area (Å²) in [5.41, 5.74) is 7.90. The van der Waals surface area contributed by atoms with E-state index in [1.54, 1.807) is 12.3 Å². The van der Waals surface area contributed by atoms with Gasteiger partial charge in [0.05, 0.1) is 15.6 Å². The Kier molecular flexibility index (Phi) is 6.23. The van der Waals surface area contributed by atoms with Crippen molar-refractivity contribution in [2.45, 2.75) is 33.3 Å². The van der Waals surface area contributed by atoms with Gasteiger partial charge in [-0.25, -0.2) is 28.4 Å². The predicted molar refractivity (Wildman–Crippen MR) is 133 cm³/mol. The van der Waals surface area contributed by atoms with E-state index in [9.17, 15) is 4.39 Å². The maximum atomic E-state index is 15.3. The molecular formula is C25H22F2N6O2S. The van der Waals surface area contributed by atoms with E-state index in [-0.39, 0.29) is 41.3 Å². The Hall–Kier alpha value is -4.12. The third-order valence-corrected chi connectivity index (χ3v) is 6.22. The lowest BCUT2D eigenvalue weighted by Crippen LogP contribution is -2.03. The molecule has 0 aliphatic rings. The molecular weight excluding hydrogens is 486 g/mol. The molecule has 0 fully saturated rings. The zero-order valence-corrected chi connectivity index (χ0v) is 20.5. The molecule has 0 unspecified atom stereocenters. The summed E-state index contributed by atoms with van der Waals surface area (Å²) in [7, 11) is 0. The Labute approximate surface area is 209 Å². The van der Waals surface area contributed by atoms with Crippen LogP contribution >= 0.6 is 11.3 Å². The van der Waals surface area contributed by atoms with Crippen LogP contribution in [-0.2, 0) is 6.61 Å². The van der Waals surface area contributed by atoms with Crippen molar-refractivity contribution < 1.29 is 18.3 Å². The molecule has 0 atom stereocenters. The van der Waals surface area contributed by atoms with E-state index < -0.39 is 11.6 Å². The van der Waals surface area contributed by atoms with Crippen LogP contribution in [0.3, 0.4) is 0 Å². The summed E-state index contributed by atoms with van der Waals surface area (Å²) in [6, 6.07) is 8.26. The number of thiazole rings is 1. The number of hydrogen-bond acceptors (Lipinski definition) is 8. The van der Waals surface area contributed by atoms with Crippen LogP contribution in [-0.4, -0.2) is 24.7 Å². The van der Waals surface area contributed by atoms with Crippen molar-refractivity contribution >= 4 is 28.2 Å². The molecule has 184 valence electrons. The number of nitrogens with two attached hydrogens (primary N) is 1. The molecule has 5 aromatic rings. The van der Waals surface area contributed by atoms with Crippen molar-refractivity contribution in [2.75, 3.05) is 5.73 Å². The van der Waals surface area contributed by atoms with Crippen molar-refractivity contribution in [1.82, 2.24) is 24.7 Å². The standard InChI is InChI=1S/C25H22F2N6O2S/c1-13(2)22-23-24(25(28)31-12-30-23)33(32-22)21-5-4-16(9-20(21)27)35-18-7-15(26)6-17(8-18)34-11-19-10-29-14(3)36-19/h4-10,12-13H,11H2,1-3H3,(H2,28,30,31). The normalized spacial score (nSPS) is 11.4. The lowest BCUT2D eigenvalue weighted by Gasteiger charge is -2.11. The molecule has 0 saturated carbocycles. The highest BCUT2D eigenvalue weighted by molar-refractivity contribution is 7.11. The Balaban J connectivity index is 1.41. The van der Waals surface area contributed by atoms with Crippen LogP contribution < -0.4 is 15.2 Å². The number of ether oxygens (including phenoxy) is 2. The Morgan fingerprint density at radius 2 is 1.83 bits per heavy atom. The third-order valence-electron chi connectivity index (χ3n) is 5.34. The van der Waals surface area contributed by atoms with Gasteiger partial charge in [0, 0.05) is 30.5 Å². The SMILES string of the molecule is Cc1ncc(COc2cc(F)cc(Oc3ccc(-n4nc(C(C)C)c5ncnc(N)c54)c(F)c3)c2)s1. The Bertz CT molecular complexity index is 1570. The topological polar surface area (TPSA) is 101 Å². The van der Waals surface area contributed by atoms with Gasteiger partial charge in [-0.2, -0.15) is 5.10 Å². The minimum atomic E-state index is -0.607. The fraction of sp³-hybridized carbons (Fsp3) is 0.200. The van der Waals surface area contributed by atoms with Crippen LogP contribution in [0.1, 0.15) is 35.3 Å². The van der Waals surface area contributed by atoms with E-state index in [2.05, 4.69) is 20.1 Å². The fourth-order valence-electron chi connectivity index (χ4n) is 3.72. The summed E-state index contributed by atoms with van der Waals surface area (Å²) in [5, 5.41) is 5.47. The van der Waals surface area contributed by atoms with Crippen molar-refractivity contribution in [3.05, 3.63) is 76.1 Å². The quantitative estimate of drug-likeness (QED) is 0.290. The zero-order chi connectivity index (χ0) is 25.4. The van der Waals surface area contributed by atoms with Gasteiger partial charge in [0.1, 0.15) is 52.7 Å². The van der Waals surface area contributed by atoms with Crippen molar-refractivity contribution in [3.8, 4) is 22.9 Å². The van der Waals surface area contributed by atoms with E-state index in [4.69, 9.17) is 15.2 Å². The minimum Gasteiger partial charge on any atom is -0.488 e. The van der Waals surface area contributed by atoms with Crippen molar-refractivity contribution in [3.63, 3.8) is 0 Å². The van der Waals surface area contributed by atoms with Crippen molar-refractivity contribution in [2.24, 2.45) is 0 Å². The Morgan fingerprint density at radius 1 is 1.03 bits per heavy atom. The summed E-state index contributed by atoms with van der Waals surface area (Å²) in [4.78, 5) is 13.4. The second kappa shape index (κ2) is 9.50. The third kappa shape index (κ3) is 4.69. The number of nitrogens with zero attached hydrogens (tertiary/aromatic N) is 5. The number of aryl methyl sites for hydroxylation is 1. The number of aromatic nitrogens is 5. The first kappa shape index (κ1) is 23.6. The number of rotatable bonds is 7. The number of benzene rings is 2. The second-order valence-electron chi connectivity index (χ2n) is 8.38. The molecule has 3 aromatic heterocycles. The smallest absolute Gasteiger partial charge is 0.153 e. The molecule has 2 N–H and O–H groups in total. The monoisotopic (exact) mass is 508 g/mol. The summed E-state index contributed by atoms with van der Waals surface area (Å²) in [6.07, 6.45) is 3.08. The van der Waals surface area contributed by atoms with Crippen LogP contribution in [0.4, 0.5) is 14.6 Å². The number of nitrogen functional groups attached to an aromatic ring is 1. The second-order valence-corrected chi connectivity index (χ2v) is 9.70. The van der Waals surface area contributed by atoms with Crippen LogP contribution in [0, 0.1) is 18.6 Å². The average molecular weight is 509 g/mol. The van der Waals surface area contributed by atoms with Gasteiger partial charge in [-0.15, -0.1) is 11.3 Å². The molecule has 2 aromatic carbocycles. The molecule has 0 amide bonds. The molecule has 0 aliphatic carbocycles. The highest BCUT2D eigenvalue weighted by atomic mass is 32.1. The molecule has 0 radical (unpaired) electrons. The largest absolute Gasteiger partial charge is 0.488 e. The summed E-state index contributed by atoms with van der Waals surface area (Å²) >= 11 is 1.50. The van der Waals surface area contributed by atoms with Crippen LogP contribution in [0.2, 0.25) is 0 Å². The zero-order valence-electron chi connectivity index (χ0n) is 19.7. The first-order valence-electron chi connectivity index (χ1n) is 11.1. The minimum absolute atomic E-state index is 0.0400. The van der Waals surface area contributed by atoms with Gasteiger partial charge >= 0.3 is 0 Å². The Morgan fingerprint density at radius 3 is 2.56 bits per heavy atom.